The van der Waals surface area contributed by atoms with Crippen molar-refractivity contribution in [2.75, 3.05) is 26.2 Å². The molecule has 2 heterocycles. The van der Waals surface area contributed by atoms with E-state index in [9.17, 15) is 5.11 Å². The molecule has 1 atom stereocenters. The summed E-state index contributed by atoms with van der Waals surface area (Å²) >= 11 is 0. The number of aryl methyl sites for hydroxylation is 1. The third kappa shape index (κ3) is 3.86. The van der Waals surface area contributed by atoms with Crippen molar-refractivity contribution in [1.29, 1.82) is 0 Å². The summed E-state index contributed by atoms with van der Waals surface area (Å²) in [7, 11) is 0. The number of morpholine rings is 1. The molecule has 0 radical (unpaired) electrons. The summed E-state index contributed by atoms with van der Waals surface area (Å²) in [6, 6.07) is 0. The number of nitrogens with zero attached hydrogens (tertiary/aromatic N) is 3. The minimum Gasteiger partial charge on any atom is -0.389 e. The van der Waals surface area contributed by atoms with Crippen molar-refractivity contribution in [3.8, 4) is 0 Å². The van der Waals surface area contributed by atoms with E-state index in [2.05, 4.69) is 27.0 Å². The van der Waals surface area contributed by atoms with Crippen molar-refractivity contribution in [3.05, 3.63) is 11.6 Å². The fourth-order valence-corrected chi connectivity index (χ4v) is 3.59. The van der Waals surface area contributed by atoms with Crippen LogP contribution < -0.4 is 0 Å². The Balaban J connectivity index is 1.58. The van der Waals surface area contributed by atoms with Gasteiger partial charge in [-0.2, -0.15) is 5.10 Å². The lowest BCUT2D eigenvalue weighted by Crippen LogP contribution is -2.49. The lowest BCUT2D eigenvalue weighted by molar-refractivity contribution is -0.0787. The normalized spacial score (nSPS) is 26.2. The van der Waals surface area contributed by atoms with Gasteiger partial charge in [-0.25, -0.2) is 4.98 Å². The van der Waals surface area contributed by atoms with E-state index in [1.54, 1.807) is 0 Å². The second-order valence-corrected chi connectivity index (χ2v) is 6.77. The smallest absolute Gasteiger partial charge is 0.180 e. The summed E-state index contributed by atoms with van der Waals surface area (Å²) in [5, 5.41) is 18.0. The number of rotatable bonds is 5. The number of aromatic nitrogens is 3. The van der Waals surface area contributed by atoms with Gasteiger partial charge in [0, 0.05) is 26.1 Å². The van der Waals surface area contributed by atoms with Gasteiger partial charge in [-0.1, -0.05) is 26.2 Å². The average Bonchev–Trinajstić information content (AvgIpc) is 2.97. The molecule has 1 aliphatic heterocycles. The first-order chi connectivity index (χ1) is 10.7. The fourth-order valence-electron chi connectivity index (χ4n) is 3.59. The van der Waals surface area contributed by atoms with Crippen molar-refractivity contribution in [1.82, 2.24) is 20.1 Å². The first-order valence-corrected chi connectivity index (χ1v) is 8.66. The van der Waals surface area contributed by atoms with Crippen molar-refractivity contribution < 1.29 is 9.84 Å². The molecule has 2 fully saturated rings. The lowest BCUT2D eigenvalue weighted by atomic mass is 9.84. The summed E-state index contributed by atoms with van der Waals surface area (Å²) in [5.41, 5.74) is -0.507. The van der Waals surface area contributed by atoms with Crippen LogP contribution in [-0.4, -0.2) is 57.0 Å². The summed E-state index contributed by atoms with van der Waals surface area (Å²) < 4.78 is 5.84. The average molecular weight is 308 g/mol. The molecular formula is C16H28N4O2. The second-order valence-electron chi connectivity index (χ2n) is 6.77. The minimum atomic E-state index is -0.507. The van der Waals surface area contributed by atoms with Crippen LogP contribution in [0.1, 0.15) is 63.2 Å². The van der Waals surface area contributed by atoms with E-state index in [4.69, 9.17) is 4.74 Å². The zero-order chi connectivity index (χ0) is 15.4. The van der Waals surface area contributed by atoms with E-state index in [0.717, 1.165) is 69.8 Å². The van der Waals surface area contributed by atoms with Gasteiger partial charge in [0.2, 0.25) is 0 Å². The van der Waals surface area contributed by atoms with E-state index in [-0.39, 0.29) is 6.10 Å². The van der Waals surface area contributed by atoms with Crippen LogP contribution in [0.4, 0.5) is 0 Å². The molecule has 0 spiro atoms. The number of hydrogen-bond acceptors (Lipinski definition) is 5. The maximum atomic E-state index is 10.7. The van der Waals surface area contributed by atoms with E-state index >= 15 is 0 Å². The van der Waals surface area contributed by atoms with Crippen LogP contribution >= 0.6 is 0 Å². The number of β-amino-alcohol motifs (C(OH)–C–C–N with tert-alkyl or cyclic N) is 1. The topological polar surface area (TPSA) is 74.3 Å². The lowest BCUT2D eigenvalue weighted by Gasteiger charge is -2.39. The molecule has 1 aliphatic carbocycles. The molecule has 1 aromatic heterocycles. The van der Waals surface area contributed by atoms with Gasteiger partial charge in [0.1, 0.15) is 11.9 Å². The fraction of sp³-hybridized carbons (Fsp3) is 0.875. The SMILES string of the molecule is CCCc1nc([C@@H]2CN(CC3(O)CCCCC3)CCO2)n[nH]1. The highest BCUT2D eigenvalue weighted by molar-refractivity contribution is 4.98. The standard InChI is InChI=1S/C16H28N4O2/c1-2-6-14-17-15(19-18-14)13-11-20(9-10-22-13)12-16(21)7-4-3-5-8-16/h13,21H,2-12H2,1H3,(H,17,18,19)/t13-/m0/s1. The molecule has 2 aliphatic rings. The molecular weight excluding hydrogens is 280 g/mol. The molecule has 1 aromatic rings. The van der Waals surface area contributed by atoms with Gasteiger partial charge < -0.3 is 9.84 Å². The zero-order valence-electron chi connectivity index (χ0n) is 13.6. The third-order valence-electron chi connectivity index (χ3n) is 4.78. The minimum absolute atomic E-state index is 0.0807. The highest BCUT2D eigenvalue weighted by atomic mass is 16.5. The molecule has 0 amide bonds. The maximum absolute atomic E-state index is 10.7. The van der Waals surface area contributed by atoms with Crippen LogP contribution in [0.25, 0.3) is 0 Å². The van der Waals surface area contributed by atoms with E-state index < -0.39 is 5.60 Å². The Bertz CT molecular complexity index is 470. The zero-order valence-corrected chi connectivity index (χ0v) is 13.6. The van der Waals surface area contributed by atoms with Gasteiger partial charge >= 0.3 is 0 Å². The Kier molecular flexibility index (Phi) is 5.10. The number of aromatic amines is 1. The molecule has 0 unspecified atom stereocenters. The Morgan fingerprint density at radius 1 is 1.36 bits per heavy atom. The Hall–Kier alpha value is -0.980. The quantitative estimate of drug-likeness (QED) is 0.868. The summed E-state index contributed by atoms with van der Waals surface area (Å²) in [4.78, 5) is 6.86. The number of nitrogens with one attached hydrogen (secondary N) is 1. The molecule has 0 aromatic carbocycles. The third-order valence-corrected chi connectivity index (χ3v) is 4.78. The Morgan fingerprint density at radius 2 is 2.18 bits per heavy atom. The molecule has 1 saturated heterocycles. The van der Waals surface area contributed by atoms with E-state index in [0.29, 0.717) is 6.61 Å². The van der Waals surface area contributed by atoms with E-state index in [1.807, 2.05) is 0 Å². The van der Waals surface area contributed by atoms with Crippen LogP contribution in [0.2, 0.25) is 0 Å². The molecule has 6 heteroatoms. The first kappa shape index (κ1) is 15.9. The van der Waals surface area contributed by atoms with Gasteiger partial charge in [0.15, 0.2) is 5.82 Å². The molecule has 22 heavy (non-hydrogen) atoms. The predicted molar refractivity (Wildman–Crippen MR) is 83.5 cm³/mol. The van der Waals surface area contributed by atoms with Gasteiger partial charge in [-0.3, -0.25) is 10.00 Å². The first-order valence-electron chi connectivity index (χ1n) is 8.66. The van der Waals surface area contributed by atoms with Crippen molar-refractivity contribution in [3.63, 3.8) is 0 Å². The second kappa shape index (κ2) is 7.06. The van der Waals surface area contributed by atoms with Crippen molar-refractivity contribution in [2.45, 2.75) is 63.6 Å². The molecule has 3 rings (SSSR count). The van der Waals surface area contributed by atoms with E-state index in [1.165, 1.54) is 6.42 Å². The molecule has 0 bridgehead atoms. The van der Waals surface area contributed by atoms with Gasteiger partial charge in [0.25, 0.3) is 0 Å². The van der Waals surface area contributed by atoms with Crippen LogP contribution in [-0.2, 0) is 11.2 Å². The van der Waals surface area contributed by atoms with Crippen LogP contribution in [0, 0.1) is 0 Å². The number of ether oxygens (including phenoxy) is 1. The summed E-state index contributed by atoms with van der Waals surface area (Å²) in [5.74, 6) is 1.69. The van der Waals surface area contributed by atoms with Gasteiger partial charge in [0.05, 0.1) is 12.2 Å². The number of hydrogen-bond donors (Lipinski definition) is 2. The maximum Gasteiger partial charge on any atom is 0.180 e. The highest BCUT2D eigenvalue weighted by Crippen LogP contribution is 2.30. The molecule has 6 nitrogen and oxygen atoms in total. The van der Waals surface area contributed by atoms with Gasteiger partial charge in [-0.05, 0) is 19.3 Å². The van der Waals surface area contributed by atoms with Gasteiger partial charge in [-0.15, -0.1) is 0 Å². The van der Waals surface area contributed by atoms with Crippen LogP contribution in [0.5, 0.6) is 0 Å². The summed E-state index contributed by atoms with van der Waals surface area (Å²) in [6.45, 7) is 5.21. The summed E-state index contributed by atoms with van der Waals surface area (Å²) in [6.07, 6.45) is 7.29. The highest BCUT2D eigenvalue weighted by Gasteiger charge is 2.34. The molecule has 124 valence electrons. The van der Waals surface area contributed by atoms with Crippen LogP contribution in [0.3, 0.4) is 0 Å². The van der Waals surface area contributed by atoms with Crippen LogP contribution in [0.15, 0.2) is 0 Å². The number of aliphatic hydroxyl groups is 1. The van der Waals surface area contributed by atoms with Crippen molar-refractivity contribution in [2.24, 2.45) is 0 Å². The Morgan fingerprint density at radius 3 is 2.95 bits per heavy atom. The monoisotopic (exact) mass is 308 g/mol. The predicted octanol–water partition coefficient (Wildman–Crippen LogP) is 1.83. The van der Waals surface area contributed by atoms with Crippen molar-refractivity contribution >= 4 is 0 Å². The Labute approximate surface area is 132 Å². The largest absolute Gasteiger partial charge is 0.389 e. The molecule has 1 saturated carbocycles. The molecule has 2 N–H and O–H groups in total. The number of H-pyrrole nitrogens is 1.